The number of terminal acetylenes is 1. The molecule has 7 nitrogen and oxygen atoms in total. The van der Waals surface area contributed by atoms with E-state index in [-0.39, 0.29) is 5.56 Å². The highest BCUT2D eigenvalue weighted by atomic mass is 19.4. The summed E-state index contributed by atoms with van der Waals surface area (Å²) >= 11 is 0. The number of hydrogen-bond donors (Lipinski definition) is 1. The number of alkyl halides is 3. The maximum atomic E-state index is 13.1. The zero-order valence-electron chi connectivity index (χ0n) is 22.7. The van der Waals surface area contributed by atoms with Crippen molar-refractivity contribution in [1.82, 2.24) is 9.97 Å². The first-order chi connectivity index (χ1) is 20.2. The third-order valence-electron chi connectivity index (χ3n) is 6.79. The van der Waals surface area contributed by atoms with E-state index in [1.54, 1.807) is 12.3 Å². The van der Waals surface area contributed by atoms with Crippen LogP contribution in [0.3, 0.4) is 0 Å². The van der Waals surface area contributed by atoms with E-state index in [0.29, 0.717) is 55.7 Å². The van der Waals surface area contributed by atoms with Gasteiger partial charge in [-0.15, -0.1) is 6.42 Å². The fourth-order valence-electron chi connectivity index (χ4n) is 4.51. The van der Waals surface area contributed by atoms with Gasteiger partial charge in [0, 0.05) is 47.2 Å². The number of benzene rings is 2. The average Bonchev–Trinajstić information content (AvgIpc) is 3.01. The van der Waals surface area contributed by atoms with Gasteiger partial charge < -0.3 is 19.7 Å². The van der Waals surface area contributed by atoms with Gasteiger partial charge in [-0.05, 0) is 55.0 Å². The van der Waals surface area contributed by atoms with Crippen LogP contribution in [0.4, 0.5) is 24.5 Å². The van der Waals surface area contributed by atoms with E-state index < -0.39 is 17.6 Å². The van der Waals surface area contributed by atoms with Crippen molar-refractivity contribution in [2.45, 2.75) is 19.7 Å². The summed E-state index contributed by atoms with van der Waals surface area (Å²) in [5.41, 5.74) is 3.96. The van der Waals surface area contributed by atoms with Gasteiger partial charge in [-0.1, -0.05) is 24.1 Å². The Hall–Kier alpha value is -4.88. The molecular formula is C32H27F3N4O3. The number of halogens is 3. The van der Waals surface area contributed by atoms with Gasteiger partial charge in [0.15, 0.2) is 0 Å². The molecule has 1 saturated heterocycles. The maximum absolute atomic E-state index is 13.1. The van der Waals surface area contributed by atoms with Crippen LogP contribution < -0.4 is 15.0 Å². The molecule has 3 heterocycles. The highest BCUT2D eigenvalue weighted by Crippen LogP contribution is 2.34. The second-order valence-electron chi connectivity index (χ2n) is 9.67. The molecule has 0 atom stereocenters. The first-order valence-electron chi connectivity index (χ1n) is 13.2. The third-order valence-corrected chi connectivity index (χ3v) is 6.79. The van der Waals surface area contributed by atoms with Gasteiger partial charge >= 0.3 is 6.18 Å². The second-order valence-corrected chi connectivity index (χ2v) is 9.67. The molecule has 1 fully saturated rings. The lowest BCUT2D eigenvalue weighted by molar-refractivity contribution is -0.137. The van der Waals surface area contributed by atoms with Crippen LogP contribution in [0, 0.1) is 19.3 Å². The first kappa shape index (κ1) is 28.6. The van der Waals surface area contributed by atoms with Crippen molar-refractivity contribution in [2.24, 2.45) is 0 Å². The van der Waals surface area contributed by atoms with Crippen LogP contribution in [0.2, 0.25) is 0 Å². The fraction of sp³-hybridized carbons (Fsp3) is 0.219. The number of nitrogens with one attached hydrogen (secondary N) is 1. The van der Waals surface area contributed by atoms with Crippen molar-refractivity contribution in [3.63, 3.8) is 0 Å². The van der Waals surface area contributed by atoms with Crippen LogP contribution in [0.25, 0.3) is 11.1 Å². The molecular weight excluding hydrogens is 545 g/mol. The predicted molar refractivity (Wildman–Crippen MR) is 153 cm³/mol. The molecule has 2 aromatic carbocycles. The molecule has 1 aliphatic rings. The minimum absolute atomic E-state index is 0.112. The van der Waals surface area contributed by atoms with Gasteiger partial charge in [-0.2, -0.15) is 13.2 Å². The summed E-state index contributed by atoms with van der Waals surface area (Å²) in [6.07, 6.45) is 4.03. The van der Waals surface area contributed by atoms with E-state index in [1.807, 2.05) is 37.3 Å². The van der Waals surface area contributed by atoms with Gasteiger partial charge in [0.2, 0.25) is 5.88 Å². The Bertz CT molecular complexity index is 1630. The van der Waals surface area contributed by atoms with Crippen molar-refractivity contribution in [3.05, 3.63) is 101 Å². The van der Waals surface area contributed by atoms with Crippen molar-refractivity contribution in [1.29, 1.82) is 0 Å². The normalized spacial score (nSPS) is 13.4. The lowest BCUT2D eigenvalue weighted by Gasteiger charge is -2.30. The molecule has 10 heteroatoms. The number of aryl methyl sites for hydroxylation is 1. The number of carbonyl (C=O) groups excluding carboxylic acids is 1. The van der Waals surface area contributed by atoms with Crippen LogP contribution >= 0.6 is 0 Å². The summed E-state index contributed by atoms with van der Waals surface area (Å²) in [4.78, 5) is 24.0. The topological polar surface area (TPSA) is 76.6 Å². The number of anilines is 2. The van der Waals surface area contributed by atoms with E-state index in [4.69, 9.17) is 15.9 Å². The first-order valence-corrected chi connectivity index (χ1v) is 13.2. The Kier molecular flexibility index (Phi) is 8.41. The number of hydrogen-bond acceptors (Lipinski definition) is 6. The van der Waals surface area contributed by atoms with E-state index in [0.717, 1.165) is 34.5 Å². The van der Waals surface area contributed by atoms with Gasteiger partial charge in [-0.25, -0.2) is 4.98 Å². The van der Waals surface area contributed by atoms with Crippen molar-refractivity contribution in [2.75, 3.05) is 36.5 Å². The number of pyridine rings is 2. The monoisotopic (exact) mass is 572 g/mol. The van der Waals surface area contributed by atoms with Crippen molar-refractivity contribution >= 4 is 17.3 Å². The fourth-order valence-corrected chi connectivity index (χ4v) is 4.51. The largest absolute Gasteiger partial charge is 0.471 e. The molecule has 1 amide bonds. The zero-order chi connectivity index (χ0) is 29.7. The molecule has 0 radical (unpaired) electrons. The molecule has 0 spiro atoms. The van der Waals surface area contributed by atoms with Gasteiger partial charge in [0.25, 0.3) is 5.91 Å². The molecule has 0 aliphatic carbocycles. The summed E-state index contributed by atoms with van der Waals surface area (Å²) in [5.74, 6) is 2.38. The summed E-state index contributed by atoms with van der Waals surface area (Å²) in [6, 6.07) is 15.5. The van der Waals surface area contributed by atoms with Gasteiger partial charge in [0.1, 0.15) is 12.3 Å². The Morgan fingerprint density at radius 2 is 1.83 bits per heavy atom. The summed E-state index contributed by atoms with van der Waals surface area (Å²) in [5, 5.41) is 2.66. The lowest BCUT2D eigenvalue weighted by Crippen LogP contribution is -2.36. The number of nitrogens with zero attached hydrogens (tertiary/aromatic N) is 3. The average molecular weight is 573 g/mol. The van der Waals surface area contributed by atoms with Crippen LogP contribution in [-0.2, 0) is 17.5 Å². The minimum Gasteiger partial charge on any atom is -0.471 e. The van der Waals surface area contributed by atoms with E-state index in [1.165, 1.54) is 18.3 Å². The number of carbonyl (C=O) groups is 1. The van der Waals surface area contributed by atoms with Gasteiger partial charge in [-0.3, -0.25) is 9.78 Å². The predicted octanol–water partition coefficient (Wildman–Crippen LogP) is 6.12. The molecule has 4 aromatic rings. The minimum atomic E-state index is -4.55. The molecule has 214 valence electrons. The van der Waals surface area contributed by atoms with Crippen molar-refractivity contribution < 1.29 is 27.4 Å². The van der Waals surface area contributed by atoms with Gasteiger partial charge in [0.05, 0.1) is 30.7 Å². The Morgan fingerprint density at radius 3 is 2.55 bits per heavy atom. The van der Waals surface area contributed by atoms with Crippen LogP contribution in [-0.4, -0.2) is 42.2 Å². The zero-order valence-corrected chi connectivity index (χ0v) is 22.7. The van der Waals surface area contributed by atoms with Crippen LogP contribution in [0.1, 0.15) is 32.7 Å². The van der Waals surface area contributed by atoms with Crippen LogP contribution in [0.15, 0.2) is 73.1 Å². The standard InChI is InChI=1S/C32H27F3N4O3/c1-3-22-7-9-23(10-8-22)20-42-31-29(39-11-13-41-14-12-39)16-25(18-37-31)28-17-27(19-36-21(28)2)38-30(40)24-5-4-6-26(15-24)32(33,34)35/h1,4-10,15-19H,11-14,20H2,2H3,(H,38,40). The molecule has 0 unspecified atom stereocenters. The number of amides is 1. The molecule has 5 rings (SSSR count). The van der Waals surface area contributed by atoms with Crippen molar-refractivity contribution in [3.8, 4) is 29.4 Å². The molecule has 0 bridgehead atoms. The SMILES string of the molecule is C#Cc1ccc(COc2ncc(-c3cc(NC(=O)c4cccc(C(F)(F)F)c4)cnc3C)cc2N2CCOCC2)cc1. The number of morpholine rings is 1. The number of ether oxygens (including phenoxy) is 2. The number of rotatable bonds is 7. The summed E-state index contributed by atoms with van der Waals surface area (Å²) in [7, 11) is 0. The lowest BCUT2D eigenvalue weighted by atomic mass is 10.0. The summed E-state index contributed by atoms with van der Waals surface area (Å²) in [6.45, 7) is 4.56. The highest BCUT2D eigenvalue weighted by Gasteiger charge is 2.31. The Balaban J connectivity index is 1.41. The van der Waals surface area contributed by atoms with E-state index in [9.17, 15) is 18.0 Å². The van der Waals surface area contributed by atoms with E-state index >= 15 is 0 Å². The maximum Gasteiger partial charge on any atom is 0.416 e. The summed E-state index contributed by atoms with van der Waals surface area (Å²) < 4.78 is 51.0. The van der Waals surface area contributed by atoms with E-state index in [2.05, 4.69) is 26.1 Å². The van der Waals surface area contributed by atoms with Crippen LogP contribution in [0.5, 0.6) is 5.88 Å². The highest BCUT2D eigenvalue weighted by molar-refractivity contribution is 6.04. The Labute approximate surface area is 241 Å². The second kappa shape index (κ2) is 12.3. The molecule has 1 N–H and O–H groups in total. The molecule has 1 aliphatic heterocycles. The molecule has 2 aromatic heterocycles. The molecule has 0 saturated carbocycles. The molecule has 42 heavy (non-hydrogen) atoms. The third kappa shape index (κ3) is 6.70. The Morgan fingerprint density at radius 1 is 1.07 bits per heavy atom. The smallest absolute Gasteiger partial charge is 0.416 e. The number of aromatic nitrogens is 2. The quantitative estimate of drug-likeness (QED) is 0.269.